The van der Waals surface area contributed by atoms with Crippen LogP contribution in [0.5, 0.6) is 11.5 Å². The number of rotatable bonds is 6. The van der Waals surface area contributed by atoms with Crippen LogP contribution < -0.4 is 14.8 Å². The van der Waals surface area contributed by atoms with Gasteiger partial charge in [-0.25, -0.2) is 0 Å². The van der Waals surface area contributed by atoms with Crippen LogP contribution in [0, 0.1) is 5.92 Å². The predicted molar refractivity (Wildman–Crippen MR) is 84.5 cm³/mol. The molecule has 0 saturated carbocycles. The Morgan fingerprint density at radius 2 is 2.00 bits per heavy atom. The minimum Gasteiger partial charge on any atom is -0.493 e. The molecule has 1 fully saturated rings. The van der Waals surface area contributed by atoms with E-state index in [1.54, 1.807) is 14.2 Å². The van der Waals surface area contributed by atoms with Crippen LogP contribution in [0.1, 0.15) is 31.4 Å². The van der Waals surface area contributed by atoms with Crippen molar-refractivity contribution in [3.8, 4) is 11.5 Å². The maximum atomic E-state index is 6.46. The molecular weight excluding hydrogens is 290 g/mol. The summed E-state index contributed by atoms with van der Waals surface area (Å²) in [6, 6.07) is 3.93. The summed E-state index contributed by atoms with van der Waals surface area (Å²) in [5.41, 5.74) is 1.03. The molecule has 0 amide bonds. The number of ether oxygens (including phenoxy) is 3. The molecule has 0 radical (unpaired) electrons. The maximum absolute atomic E-state index is 6.46. The smallest absolute Gasteiger partial charge is 0.162 e. The van der Waals surface area contributed by atoms with Crippen molar-refractivity contribution in [1.29, 1.82) is 0 Å². The molecule has 0 aromatic heterocycles. The highest BCUT2D eigenvalue weighted by atomic mass is 35.5. The highest BCUT2D eigenvalue weighted by Crippen LogP contribution is 2.41. The van der Waals surface area contributed by atoms with E-state index < -0.39 is 0 Å². The van der Waals surface area contributed by atoms with Gasteiger partial charge in [0, 0.05) is 29.7 Å². The SMILES string of the molecule is CCC1OCCC1C(NC)c1cc(OC)c(OC)cc1Cl. The third kappa shape index (κ3) is 3.28. The number of nitrogens with one attached hydrogen (secondary N) is 1. The molecule has 0 bridgehead atoms. The first-order chi connectivity index (χ1) is 10.2. The second kappa shape index (κ2) is 7.34. The summed E-state index contributed by atoms with van der Waals surface area (Å²) in [4.78, 5) is 0. The van der Waals surface area contributed by atoms with Gasteiger partial charge in [0.2, 0.25) is 0 Å². The van der Waals surface area contributed by atoms with Crippen molar-refractivity contribution in [1.82, 2.24) is 5.32 Å². The quantitative estimate of drug-likeness (QED) is 0.873. The fraction of sp³-hybridized carbons (Fsp3) is 0.625. The first-order valence-electron chi connectivity index (χ1n) is 7.36. The van der Waals surface area contributed by atoms with Gasteiger partial charge in [-0.2, -0.15) is 0 Å². The number of halogens is 1. The van der Waals surface area contributed by atoms with E-state index in [2.05, 4.69) is 12.2 Å². The normalized spacial score (nSPS) is 23.1. The molecule has 21 heavy (non-hydrogen) atoms. The number of hydrogen-bond acceptors (Lipinski definition) is 4. The molecule has 4 nitrogen and oxygen atoms in total. The predicted octanol–water partition coefficient (Wildman–Crippen LogP) is 3.43. The van der Waals surface area contributed by atoms with Crippen LogP contribution in [0.2, 0.25) is 5.02 Å². The Morgan fingerprint density at radius 3 is 2.57 bits per heavy atom. The second-order valence-corrected chi connectivity index (χ2v) is 5.67. The van der Waals surface area contributed by atoms with Crippen molar-refractivity contribution in [2.24, 2.45) is 5.92 Å². The zero-order valence-corrected chi connectivity index (χ0v) is 13.9. The average Bonchev–Trinajstić information content (AvgIpc) is 2.97. The Labute approximate surface area is 131 Å². The second-order valence-electron chi connectivity index (χ2n) is 5.27. The van der Waals surface area contributed by atoms with E-state index in [0.717, 1.165) is 25.0 Å². The van der Waals surface area contributed by atoms with Crippen LogP contribution in [-0.4, -0.2) is 34.0 Å². The third-order valence-electron chi connectivity index (χ3n) is 4.24. The van der Waals surface area contributed by atoms with Gasteiger partial charge in [0.1, 0.15) is 0 Å². The average molecular weight is 314 g/mol. The molecule has 0 aliphatic carbocycles. The lowest BCUT2D eigenvalue weighted by Crippen LogP contribution is -2.30. The molecular formula is C16H24ClNO3. The molecule has 5 heteroatoms. The number of hydrogen-bond donors (Lipinski definition) is 1. The summed E-state index contributed by atoms with van der Waals surface area (Å²) in [6.45, 7) is 2.97. The van der Waals surface area contributed by atoms with Crippen molar-refractivity contribution in [3.63, 3.8) is 0 Å². The first kappa shape index (κ1) is 16.4. The highest BCUT2D eigenvalue weighted by molar-refractivity contribution is 6.31. The van der Waals surface area contributed by atoms with Crippen molar-refractivity contribution in [2.45, 2.75) is 31.9 Å². The minimum absolute atomic E-state index is 0.143. The van der Waals surface area contributed by atoms with Crippen molar-refractivity contribution < 1.29 is 14.2 Å². The Bertz CT molecular complexity index is 481. The van der Waals surface area contributed by atoms with E-state index in [4.69, 9.17) is 25.8 Å². The minimum atomic E-state index is 0.143. The molecule has 1 saturated heterocycles. The monoisotopic (exact) mass is 313 g/mol. The standard InChI is InChI=1S/C16H24ClNO3/c1-5-13-10(6-7-21-13)16(18-2)11-8-14(19-3)15(20-4)9-12(11)17/h8-10,13,16,18H,5-7H2,1-4H3. The zero-order chi connectivity index (χ0) is 15.4. The van der Waals surface area contributed by atoms with E-state index in [1.807, 2.05) is 19.2 Å². The van der Waals surface area contributed by atoms with E-state index in [-0.39, 0.29) is 12.1 Å². The summed E-state index contributed by atoms with van der Waals surface area (Å²) >= 11 is 6.46. The van der Waals surface area contributed by atoms with Crippen LogP contribution >= 0.6 is 11.6 Å². The Kier molecular flexibility index (Phi) is 5.73. The van der Waals surface area contributed by atoms with Crippen LogP contribution in [0.25, 0.3) is 0 Å². The van der Waals surface area contributed by atoms with Gasteiger partial charge in [0.15, 0.2) is 11.5 Å². The highest BCUT2D eigenvalue weighted by Gasteiger charge is 2.35. The van der Waals surface area contributed by atoms with Crippen LogP contribution in [0.15, 0.2) is 12.1 Å². The summed E-state index contributed by atoms with van der Waals surface area (Å²) in [5, 5.41) is 4.08. The molecule has 1 heterocycles. The number of methoxy groups -OCH3 is 2. The van der Waals surface area contributed by atoms with Gasteiger partial charge < -0.3 is 19.5 Å². The number of benzene rings is 1. The van der Waals surface area contributed by atoms with Gasteiger partial charge in [-0.15, -0.1) is 0 Å². The zero-order valence-electron chi connectivity index (χ0n) is 13.1. The fourth-order valence-electron chi connectivity index (χ4n) is 3.18. The molecule has 3 atom stereocenters. The van der Waals surface area contributed by atoms with E-state index in [1.165, 1.54) is 0 Å². The topological polar surface area (TPSA) is 39.7 Å². The summed E-state index contributed by atoms with van der Waals surface area (Å²) in [7, 11) is 5.21. The Balaban J connectivity index is 2.37. The molecule has 2 rings (SSSR count). The first-order valence-corrected chi connectivity index (χ1v) is 7.74. The Morgan fingerprint density at radius 1 is 1.33 bits per heavy atom. The summed E-state index contributed by atoms with van der Waals surface area (Å²) in [6.07, 6.45) is 2.31. The van der Waals surface area contributed by atoms with E-state index in [9.17, 15) is 0 Å². The van der Waals surface area contributed by atoms with Gasteiger partial charge in [0.25, 0.3) is 0 Å². The largest absolute Gasteiger partial charge is 0.493 e. The van der Waals surface area contributed by atoms with E-state index in [0.29, 0.717) is 22.4 Å². The lowest BCUT2D eigenvalue weighted by Gasteiger charge is -2.28. The van der Waals surface area contributed by atoms with Crippen molar-refractivity contribution in [2.75, 3.05) is 27.9 Å². The molecule has 3 unspecified atom stereocenters. The van der Waals surface area contributed by atoms with Gasteiger partial charge in [0.05, 0.1) is 20.3 Å². The fourth-order valence-corrected chi connectivity index (χ4v) is 3.45. The molecule has 1 aliphatic heterocycles. The van der Waals surface area contributed by atoms with Gasteiger partial charge in [-0.05, 0) is 31.5 Å². The van der Waals surface area contributed by atoms with Crippen LogP contribution in [0.4, 0.5) is 0 Å². The van der Waals surface area contributed by atoms with Gasteiger partial charge in [-0.1, -0.05) is 18.5 Å². The van der Waals surface area contributed by atoms with Crippen LogP contribution in [0.3, 0.4) is 0 Å². The molecule has 1 N–H and O–H groups in total. The van der Waals surface area contributed by atoms with Crippen LogP contribution in [-0.2, 0) is 4.74 Å². The molecule has 1 aliphatic rings. The van der Waals surface area contributed by atoms with Gasteiger partial charge in [-0.3, -0.25) is 0 Å². The molecule has 0 spiro atoms. The van der Waals surface area contributed by atoms with Gasteiger partial charge >= 0.3 is 0 Å². The van der Waals surface area contributed by atoms with Crippen molar-refractivity contribution in [3.05, 3.63) is 22.7 Å². The summed E-state index contributed by atoms with van der Waals surface area (Å²) < 4.78 is 16.5. The lowest BCUT2D eigenvalue weighted by atomic mass is 9.86. The third-order valence-corrected chi connectivity index (χ3v) is 4.57. The molecule has 1 aromatic carbocycles. The molecule has 1 aromatic rings. The van der Waals surface area contributed by atoms with E-state index >= 15 is 0 Å². The lowest BCUT2D eigenvalue weighted by molar-refractivity contribution is 0.0782. The Hall–Kier alpha value is -0.970. The van der Waals surface area contributed by atoms with Crippen molar-refractivity contribution >= 4 is 11.6 Å². The molecule has 118 valence electrons. The maximum Gasteiger partial charge on any atom is 0.162 e. The summed E-state index contributed by atoms with van der Waals surface area (Å²) in [5.74, 6) is 1.76.